The lowest BCUT2D eigenvalue weighted by Crippen LogP contribution is -1.98. The van der Waals surface area contributed by atoms with E-state index in [9.17, 15) is 25.3 Å². The minimum atomic E-state index is -0.887. The molecule has 0 heterocycles. The van der Waals surface area contributed by atoms with Gasteiger partial charge in [0.15, 0.2) is 0 Å². The molecule has 0 unspecified atom stereocenters. The van der Waals surface area contributed by atoms with Gasteiger partial charge in [0.1, 0.15) is 0 Å². The van der Waals surface area contributed by atoms with Crippen molar-refractivity contribution in [1.29, 1.82) is 0 Å². The smallest absolute Gasteiger partial charge is 0.320 e. The maximum absolute atomic E-state index is 10.6. The highest BCUT2D eigenvalue weighted by atomic mass is 16.6. The highest BCUT2D eigenvalue weighted by molar-refractivity contribution is 5.66. The standard InChI is InChI=1S/C8H8N2O5/c1-4-3-5(2)7(10(14)15)8(11)6(4)9(12)13/h3,11H,1-2H3. The van der Waals surface area contributed by atoms with Crippen molar-refractivity contribution >= 4 is 11.4 Å². The molecule has 0 fully saturated rings. The molecule has 7 heteroatoms. The second kappa shape index (κ2) is 3.52. The van der Waals surface area contributed by atoms with Crippen molar-refractivity contribution in [3.05, 3.63) is 37.4 Å². The average Bonchev–Trinajstić information content (AvgIpc) is 1.99. The van der Waals surface area contributed by atoms with Crippen molar-refractivity contribution in [2.45, 2.75) is 13.8 Å². The van der Waals surface area contributed by atoms with Gasteiger partial charge in [0.25, 0.3) is 5.75 Å². The zero-order chi connectivity index (χ0) is 11.7. The van der Waals surface area contributed by atoms with Crippen LogP contribution in [0.1, 0.15) is 11.1 Å². The van der Waals surface area contributed by atoms with E-state index >= 15 is 0 Å². The third-order valence-electron chi connectivity index (χ3n) is 1.99. The summed E-state index contributed by atoms with van der Waals surface area (Å²) in [5.41, 5.74) is -0.846. The average molecular weight is 212 g/mol. The van der Waals surface area contributed by atoms with Gasteiger partial charge in [-0.3, -0.25) is 20.2 Å². The molecule has 0 atom stereocenters. The molecule has 0 aromatic heterocycles. The summed E-state index contributed by atoms with van der Waals surface area (Å²) in [6, 6.07) is 1.30. The fraction of sp³-hybridized carbons (Fsp3) is 0.250. The largest absolute Gasteiger partial charge is 0.497 e. The van der Waals surface area contributed by atoms with Crippen molar-refractivity contribution in [3.63, 3.8) is 0 Å². The lowest BCUT2D eigenvalue weighted by atomic mass is 10.1. The Labute approximate surface area is 84.3 Å². The number of phenolic OH excluding ortho intramolecular Hbond substituents is 1. The zero-order valence-corrected chi connectivity index (χ0v) is 8.05. The van der Waals surface area contributed by atoms with E-state index in [1.165, 1.54) is 19.9 Å². The van der Waals surface area contributed by atoms with Gasteiger partial charge in [-0.25, -0.2) is 0 Å². The number of nitro groups is 2. The fourth-order valence-electron chi connectivity index (χ4n) is 1.41. The van der Waals surface area contributed by atoms with Crippen LogP contribution in [0.2, 0.25) is 0 Å². The van der Waals surface area contributed by atoms with Crippen LogP contribution in [-0.2, 0) is 0 Å². The van der Waals surface area contributed by atoms with Gasteiger partial charge in [-0.05, 0) is 19.9 Å². The number of rotatable bonds is 2. The quantitative estimate of drug-likeness (QED) is 0.594. The molecule has 0 aliphatic carbocycles. The van der Waals surface area contributed by atoms with Crippen LogP contribution in [0.15, 0.2) is 6.07 Å². The summed E-state index contributed by atoms with van der Waals surface area (Å²) in [5, 5.41) is 30.5. The Kier molecular flexibility index (Phi) is 2.56. The van der Waals surface area contributed by atoms with E-state index in [4.69, 9.17) is 0 Å². The second-order valence-electron chi connectivity index (χ2n) is 3.07. The maximum atomic E-state index is 10.6. The van der Waals surface area contributed by atoms with Crippen LogP contribution < -0.4 is 0 Å². The van der Waals surface area contributed by atoms with E-state index < -0.39 is 27.0 Å². The number of hydrogen-bond acceptors (Lipinski definition) is 5. The number of nitro benzene ring substituents is 2. The predicted molar refractivity (Wildman–Crippen MR) is 50.9 cm³/mol. The molecule has 0 radical (unpaired) electrons. The van der Waals surface area contributed by atoms with E-state index in [0.29, 0.717) is 0 Å². The number of nitrogens with zero attached hydrogens (tertiary/aromatic N) is 2. The zero-order valence-electron chi connectivity index (χ0n) is 8.05. The van der Waals surface area contributed by atoms with Crippen molar-refractivity contribution in [2.24, 2.45) is 0 Å². The molecule has 80 valence electrons. The molecule has 15 heavy (non-hydrogen) atoms. The lowest BCUT2D eigenvalue weighted by Gasteiger charge is -2.03. The minimum absolute atomic E-state index is 0.195. The first kappa shape index (κ1) is 10.9. The molecular formula is C8H8N2O5. The van der Waals surface area contributed by atoms with Gasteiger partial charge >= 0.3 is 11.4 Å². The van der Waals surface area contributed by atoms with Gasteiger partial charge in [0.2, 0.25) is 0 Å². The van der Waals surface area contributed by atoms with Crippen molar-refractivity contribution in [2.75, 3.05) is 0 Å². The van der Waals surface area contributed by atoms with E-state index in [0.717, 1.165) is 0 Å². The van der Waals surface area contributed by atoms with Crippen LogP contribution >= 0.6 is 0 Å². The predicted octanol–water partition coefficient (Wildman–Crippen LogP) is 1.83. The molecule has 0 saturated carbocycles. The van der Waals surface area contributed by atoms with E-state index in [2.05, 4.69) is 0 Å². The molecule has 0 amide bonds. The molecule has 0 spiro atoms. The Morgan fingerprint density at radius 1 is 1.07 bits per heavy atom. The Hall–Kier alpha value is -2.18. The summed E-state index contributed by atoms with van der Waals surface area (Å²) in [6.45, 7) is 2.82. The summed E-state index contributed by atoms with van der Waals surface area (Å²) < 4.78 is 0. The Bertz CT molecular complexity index is 417. The monoisotopic (exact) mass is 212 g/mol. The molecule has 0 saturated heterocycles. The van der Waals surface area contributed by atoms with Crippen LogP contribution in [0.5, 0.6) is 5.75 Å². The molecule has 1 rings (SSSR count). The Morgan fingerprint density at radius 2 is 1.40 bits per heavy atom. The van der Waals surface area contributed by atoms with Gasteiger partial charge < -0.3 is 5.11 Å². The van der Waals surface area contributed by atoms with Crippen molar-refractivity contribution in [3.8, 4) is 5.75 Å². The molecule has 7 nitrogen and oxygen atoms in total. The van der Waals surface area contributed by atoms with Gasteiger partial charge in [0, 0.05) is 11.1 Å². The number of phenols is 1. The number of aromatic hydroxyl groups is 1. The van der Waals surface area contributed by atoms with Gasteiger partial charge in [-0.2, -0.15) is 0 Å². The molecule has 0 bridgehead atoms. The maximum Gasteiger partial charge on any atom is 0.320 e. The molecule has 1 N–H and O–H groups in total. The molecule has 1 aromatic carbocycles. The highest BCUT2D eigenvalue weighted by Gasteiger charge is 2.29. The minimum Gasteiger partial charge on any atom is -0.497 e. The van der Waals surface area contributed by atoms with Crippen molar-refractivity contribution in [1.82, 2.24) is 0 Å². The molecule has 1 aromatic rings. The number of aryl methyl sites for hydroxylation is 2. The van der Waals surface area contributed by atoms with E-state index in [-0.39, 0.29) is 11.1 Å². The second-order valence-corrected chi connectivity index (χ2v) is 3.07. The van der Waals surface area contributed by atoms with Crippen LogP contribution in [0.25, 0.3) is 0 Å². The van der Waals surface area contributed by atoms with Crippen LogP contribution in [0.4, 0.5) is 11.4 Å². The number of hydrogen-bond donors (Lipinski definition) is 1. The SMILES string of the molecule is Cc1cc(C)c([N+](=O)[O-])c(O)c1[N+](=O)[O-]. The van der Waals surface area contributed by atoms with Gasteiger partial charge in [0.05, 0.1) is 9.85 Å². The number of benzene rings is 1. The first-order valence-electron chi connectivity index (χ1n) is 3.98. The van der Waals surface area contributed by atoms with E-state index in [1.54, 1.807) is 0 Å². The summed E-state index contributed by atoms with van der Waals surface area (Å²) >= 11 is 0. The van der Waals surface area contributed by atoms with Crippen LogP contribution in [-0.4, -0.2) is 15.0 Å². The van der Waals surface area contributed by atoms with Gasteiger partial charge in [-0.15, -0.1) is 0 Å². The summed E-state index contributed by atoms with van der Waals surface area (Å²) in [5.74, 6) is -0.887. The molecular weight excluding hydrogens is 204 g/mol. The summed E-state index contributed by atoms with van der Waals surface area (Å²) in [7, 11) is 0. The third-order valence-corrected chi connectivity index (χ3v) is 1.99. The topological polar surface area (TPSA) is 107 Å². The molecule has 0 aliphatic heterocycles. The summed E-state index contributed by atoms with van der Waals surface area (Å²) in [6.07, 6.45) is 0. The van der Waals surface area contributed by atoms with Crippen LogP contribution in [0.3, 0.4) is 0 Å². The first-order chi connectivity index (χ1) is 6.86. The Morgan fingerprint density at radius 3 is 1.67 bits per heavy atom. The fourth-order valence-corrected chi connectivity index (χ4v) is 1.41. The van der Waals surface area contributed by atoms with Gasteiger partial charge in [-0.1, -0.05) is 0 Å². The third kappa shape index (κ3) is 1.71. The Balaban J connectivity index is 3.64. The summed E-state index contributed by atoms with van der Waals surface area (Å²) in [4.78, 5) is 19.4. The lowest BCUT2D eigenvalue weighted by molar-refractivity contribution is -0.396. The highest BCUT2D eigenvalue weighted by Crippen LogP contribution is 2.40. The normalized spacial score (nSPS) is 10.0. The van der Waals surface area contributed by atoms with Crippen LogP contribution in [0, 0.1) is 34.1 Å². The van der Waals surface area contributed by atoms with Crippen molar-refractivity contribution < 1.29 is 15.0 Å². The first-order valence-corrected chi connectivity index (χ1v) is 3.98. The van der Waals surface area contributed by atoms with E-state index in [1.807, 2.05) is 0 Å². The molecule has 0 aliphatic rings.